The van der Waals surface area contributed by atoms with E-state index in [2.05, 4.69) is 10.3 Å². The molecule has 9 nitrogen and oxygen atoms in total. The van der Waals surface area contributed by atoms with Crippen molar-refractivity contribution in [1.82, 2.24) is 10.3 Å². The second-order valence-corrected chi connectivity index (χ2v) is 8.96. The summed E-state index contributed by atoms with van der Waals surface area (Å²) in [6.45, 7) is 1.98. The average Bonchev–Trinajstić information content (AvgIpc) is 3.57. The Bertz CT molecular complexity index is 1420. The zero-order valence-electron chi connectivity index (χ0n) is 19.7. The van der Waals surface area contributed by atoms with Gasteiger partial charge < -0.3 is 29.4 Å². The van der Waals surface area contributed by atoms with E-state index in [0.29, 0.717) is 34.4 Å². The lowest BCUT2D eigenvalue weighted by Gasteiger charge is -2.11. The van der Waals surface area contributed by atoms with E-state index in [-0.39, 0.29) is 18.6 Å². The average molecular weight is 519 g/mol. The van der Waals surface area contributed by atoms with Gasteiger partial charge in [0.05, 0.1) is 5.51 Å². The first-order chi connectivity index (χ1) is 18.0. The van der Waals surface area contributed by atoms with Gasteiger partial charge in [-0.3, -0.25) is 4.79 Å². The number of carboxylic acids is 1. The van der Waals surface area contributed by atoms with Crippen molar-refractivity contribution in [3.63, 3.8) is 0 Å². The summed E-state index contributed by atoms with van der Waals surface area (Å²) in [7, 11) is 0. The molecule has 188 valence electrons. The van der Waals surface area contributed by atoms with E-state index in [9.17, 15) is 9.59 Å². The number of aliphatic carboxylic acids is 1. The highest BCUT2D eigenvalue weighted by molar-refractivity contribution is 7.12. The number of aromatic nitrogens is 1. The molecular formula is C27H22N2O7S. The number of ether oxygens (including phenoxy) is 4. The number of hydrogen-bond donors (Lipinski definition) is 2. The fourth-order valence-electron chi connectivity index (χ4n) is 3.57. The molecule has 0 saturated carbocycles. The second kappa shape index (κ2) is 10.6. The predicted molar refractivity (Wildman–Crippen MR) is 136 cm³/mol. The number of carboxylic acid groups (broad SMARTS) is 1. The number of nitrogens with zero attached hydrogens (tertiary/aromatic N) is 1. The molecule has 1 aromatic heterocycles. The third kappa shape index (κ3) is 5.65. The summed E-state index contributed by atoms with van der Waals surface area (Å²) in [6, 6.07) is 20.2. The molecule has 0 bridgehead atoms. The fourth-order valence-corrected chi connectivity index (χ4v) is 4.20. The molecule has 0 saturated heterocycles. The van der Waals surface area contributed by atoms with Crippen molar-refractivity contribution >= 4 is 23.2 Å². The Morgan fingerprint density at radius 1 is 1.00 bits per heavy atom. The Hall–Kier alpha value is -4.57. The van der Waals surface area contributed by atoms with E-state index in [4.69, 9.17) is 24.1 Å². The van der Waals surface area contributed by atoms with Crippen molar-refractivity contribution in [2.45, 2.75) is 19.6 Å². The van der Waals surface area contributed by atoms with Gasteiger partial charge in [-0.15, -0.1) is 11.3 Å². The van der Waals surface area contributed by atoms with Gasteiger partial charge in [-0.05, 0) is 47.9 Å². The summed E-state index contributed by atoms with van der Waals surface area (Å²) < 4.78 is 21.9. The van der Waals surface area contributed by atoms with Gasteiger partial charge in [-0.2, -0.15) is 0 Å². The Balaban J connectivity index is 1.18. The van der Waals surface area contributed by atoms with Crippen molar-refractivity contribution in [3.05, 3.63) is 82.7 Å². The normalized spacial score (nSPS) is 12.6. The number of rotatable bonds is 9. The molecule has 2 N–H and O–H groups in total. The lowest BCUT2D eigenvalue weighted by molar-refractivity contribution is -0.144. The number of carbonyl (C=O) groups is 2. The van der Waals surface area contributed by atoms with Gasteiger partial charge >= 0.3 is 5.97 Å². The molecule has 1 atom stereocenters. The quantitative estimate of drug-likeness (QED) is 0.314. The van der Waals surface area contributed by atoms with Crippen molar-refractivity contribution in [2.24, 2.45) is 0 Å². The number of hydrogen-bond acceptors (Lipinski definition) is 8. The first kappa shape index (κ1) is 24.1. The molecule has 1 unspecified atom stereocenters. The van der Waals surface area contributed by atoms with E-state index in [1.54, 1.807) is 35.8 Å². The summed E-state index contributed by atoms with van der Waals surface area (Å²) in [5.41, 5.74) is 4.43. The maximum absolute atomic E-state index is 12.8. The molecule has 1 aliphatic heterocycles. The van der Waals surface area contributed by atoms with Gasteiger partial charge in [-0.25, -0.2) is 9.78 Å². The Kier molecular flexibility index (Phi) is 6.91. The Morgan fingerprint density at radius 2 is 1.68 bits per heavy atom. The predicted octanol–water partition coefficient (Wildman–Crippen LogP) is 5.11. The molecule has 4 aromatic rings. The van der Waals surface area contributed by atoms with Crippen LogP contribution in [0, 0.1) is 0 Å². The highest BCUT2D eigenvalue weighted by Crippen LogP contribution is 2.37. The first-order valence-corrected chi connectivity index (χ1v) is 12.2. The first-order valence-electron chi connectivity index (χ1n) is 11.3. The van der Waals surface area contributed by atoms with Gasteiger partial charge in [0.2, 0.25) is 12.7 Å². The molecule has 1 aliphatic rings. The maximum Gasteiger partial charge on any atom is 0.344 e. The van der Waals surface area contributed by atoms with Crippen LogP contribution in [0.2, 0.25) is 0 Å². The zero-order valence-corrected chi connectivity index (χ0v) is 20.5. The van der Waals surface area contributed by atoms with Crippen molar-refractivity contribution in [2.75, 3.05) is 6.79 Å². The topological polar surface area (TPSA) is 116 Å². The summed E-state index contributed by atoms with van der Waals surface area (Å²) in [4.78, 5) is 28.3. The van der Waals surface area contributed by atoms with Crippen molar-refractivity contribution < 1.29 is 33.6 Å². The van der Waals surface area contributed by atoms with Crippen LogP contribution < -0.4 is 24.3 Å². The van der Waals surface area contributed by atoms with E-state index < -0.39 is 12.1 Å². The van der Waals surface area contributed by atoms with E-state index in [1.807, 2.05) is 36.4 Å². The third-order valence-electron chi connectivity index (χ3n) is 5.55. The highest BCUT2D eigenvalue weighted by atomic mass is 32.1. The van der Waals surface area contributed by atoms with Crippen LogP contribution in [-0.4, -0.2) is 34.9 Å². The second-order valence-electron chi connectivity index (χ2n) is 8.11. The molecule has 3 aromatic carbocycles. The zero-order chi connectivity index (χ0) is 25.8. The van der Waals surface area contributed by atoms with Crippen LogP contribution in [0.25, 0.3) is 11.1 Å². The minimum atomic E-state index is -1.02. The lowest BCUT2D eigenvalue weighted by atomic mass is 10.0. The van der Waals surface area contributed by atoms with Crippen LogP contribution in [0.1, 0.15) is 22.2 Å². The van der Waals surface area contributed by atoms with Crippen LogP contribution in [-0.2, 0) is 11.3 Å². The van der Waals surface area contributed by atoms with Gasteiger partial charge in [-0.1, -0.05) is 36.4 Å². The number of fused-ring (bicyclic) bond motifs is 1. The third-order valence-corrected chi connectivity index (χ3v) is 6.36. The van der Waals surface area contributed by atoms with Crippen LogP contribution >= 0.6 is 11.3 Å². The lowest BCUT2D eigenvalue weighted by Crippen LogP contribution is -2.22. The van der Waals surface area contributed by atoms with Crippen LogP contribution in [0.4, 0.5) is 0 Å². The summed E-state index contributed by atoms with van der Waals surface area (Å²) in [6.07, 6.45) is -0.920. The molecule has 0 fully saturated rings. The van der Waals surface area contributed by atoms with Crippen LogP contribution in [0.5, 0.6) is 28.9 Å². The van der Waals surface area contributed by atoms with Gasteiger partial charge in [0.25, 0.3) is 5.91 Å². The van der Waals surface area contributed by atoms with Gasteiger partial charge in [0, 0.05) is 12.6 Å². The number of nitrogens with one attached hydrogen (secondary N) is 1. The van der Waals surface area contributed by atoms with Gasteiger partial charge in [0.15, 0.2) is 22.5 Å². The molecule has 0 radical (unpaired) electrons. The Labute approximate surface area is 216 Å². The largest absolute Gasteiger partial charge is 0.479 e. The number of thiazole rings is 1. The fraction of sp³-hybridized carbons (Fsp3) is 0.148. The molecular weight excluding hydrogens is 496 g/mol. The van der Waals surface area contributed by atoms with E-state index >= 15 is 0 Å². The molecule has 5 rings (SSSR count). The summed E-state index contributed by atoms with van der Waals surface area (Å²) in [5, 5.41) is 11.9. The van der Waals surface area contributed by atoms with Crippen molar-refractivity contribution in [1.29, 1.82) is 0 Å². The van der Waals surface area contributed by atoms with Crippen molar-refractivity contribution in [3.8, 4) is 40.0 Å². The smallest absolute Gasteiger partial charge is 0.344 e. The van der Waals surface area contributed by atoms with Crippen LogP contribution in [0.15, 0.2) is 72.2 Å². The molecule has 0 spiro atoms. The number of benzene rings is 3. The minimum Gasteiger partial charge on any atom is -0.479 e. The molecule has 2 heterocycles. The number of amides is 1. The standard InChI is InChI=1S/C27H22N2O7S/c1-16(27(31)32)35-20-8-6-19(7-9-20)18-4-2-17(3-5-18)13-28-25(30)24-26(29-14-37-24)36-21-10-11-22-23(12-21)34-15-33-22/h2-12,14,16H,13,15H2,1H3,(H,28,30)(H,31,32). The Morgan fingerprint density at radius 3 is 2.41 bits per heavy atom. The van der Waals surface area contributed by atoms with Crippen LogP contribution in [0.3, 0.4) is 0 Å². The molecule has 1 amide bonds. The molecule has 37 heavy (non-hydrogen) atoms. The van der Waals surface area contributed by atoms with Gasteiger partial charge in [0.1, 0.15) is 11.5 Å². The van der Waals surface area contributed by atoms with E-state index in [0.717, 1.165) is 16.7 Å². The SMILES string of the molecule is CC(Oc1ccc(-c2ccc(CNC(=O)c3scnc3Oc3ccc4c(c3)OCO4)cc2)cc1)C(=O)O. The van der Waals surface area contributed by atoms with E-state index in [1.165, 1.54) is 18.3 Å². The summed E-state index contributed by atoms with van der Waals surface area (Å²) in [5.74, 6) is 1.13. The molecule has 0 aliphatic carbocycles. The maximum atomic E-state index is 12.8. The summed E-state index contributed by atoms with van der Waals surface area (Å²) >= 11 is 1.20. The minimum absolute atomic E-state index is 0.166. The monoisotopic (exact) mass is 518 g/mol. The highest BCUT2D eigenvalue weighted by Gasteiger charge is 2.19. The molecule has 10 heteroatoms. The number of carbonyl (C=O) groups excluding carboxylic acids is 1.